The monoisotopic (exact) mass is 276 g/mol. The van der Waals surface area contributed by atoms with Crippen LogP contribution in [0.2, 0.25) is 5.02 Å². The second kappa shape index (κ2) is 6.57. The normalized spacial score (nSPS) is 12.2. The second-order valence-electron chi connectivity index (χ2n) is 4.26. The lowest BCUT2D eigenvalue weighted by Gasteiger charge is -2.19. The quantitative estimate of drug-likeness (QED) is 0.652. The van der Waals surface area contributed by atoms with Crippen molar-refractivity contribution in [2.75, 3.05) is 7.11 Å². The molecule has 2 rings (SSSR count). The van der Waals surface area contributed by atoms with E-state index in [0.717, 1.165) is 21.9 Å². The summed E-state index contributed by atoms with van der Waals surface area (Å²) >= 11 is 6.19. The van der Waals surface area contributed by atoms with Crippen molar-refractivity contribution in [1.82, 2.24) is 5.43 Å². The third-order valence-electron chi connectivity index (χ3n) is 3.10. The molecule has 0 fully saturated rings. The summed E-state index contributed by atoms with van der Waals surface area (Å²) in [7, 11) is 1.65. The maximum Gasteiger partial charge on any atom is 0.123 e. The lowest BCUT2D eigenvalue weighted by Crippen LogP contribution is -2.30. The van der Waals surface area contributed by atoms with Gasteiger partial charge in [0.1, 0.15) is 5.75 Å². The van der Waals surface area contributed by atoms with Crippen LogP contribution in [0, 0.1) is 0 Å². The first-order chi connectivity index (χ1) is 9.26. The zero-order chi connectivity index (χ0) is 13.7. The summed E-state index contributed by atoms with van der Waals surface area (Å²) in [5.41, 5.74) is 4.90. The number of nitrogens with two attached hydrogens (primary N) is 1. The summed E-state index contributed by atoms with van der Waals surface area (Å²) in [6.45, 7) is 0. The molecule has 1 unspecified atom stereocenters. The minimum Gasteiger partial charge on any atom is -0.496 e. The summed E-state index contributed by atoms with van der Waals surface area (Å²) in [6, 6.07) is 15.6. The van der Waals surface area contributed by atoms with Gasteiger partial charge in [-0.25, -0.2) is 0 Å². The third-order valence-corrected chi connectivity index (χ3v) is 3.47. The number of methoxy groups -OCH3 is 1. The number of ether oxygens (including phenoxy) is 1. The molecule has 4 heteroatoms. The van der Waals surface area contributed by atoms with Crippen molar-refractivity contribution in [2.24, 2.45) is 5.84 Å². The molecule has 0 bridgehead atoms. The third kappa shape index (κ3) is 3.26. The molecule has 2 aromatic carbocycles. The molecule has 0 heterocycles. The van der Waals surface area contributed by atoms with Gasteiger partial charge in [0.15, 0.2) is 0 Å². The van der Waals surface area contributed by atoms with Crippen molar-refractivity contribution in [3.8, 4) is 5.75 Å². The molecule has 2 aromatic rings. The van der Waals surface area contributed by atoms with Gasteiger partial charge in [0.2, 0.25) is 0 Å². The number of nitrogens with one attached hydrogen (secondary N) is 1. The van der Waals surface area contributed by atoms with E-state index in [1.165, 1.54) is 0 Å². The minimum atomic E-state index is -0.0453. The maximum atomic E-state index is 6.19. The molecule has 0 aliphatic rings. The molecule has 0 spiro atoms. The van der Waals surface area contributed by atoms with E-state index in [1.807, 2.05) is 48.5 Å². The van der Waals surface area contributed by atoms with Crippen LogP contribution in [0.3, 0.4) is 0 Å². The topological polar surface area (TPSA) is 47.3 Å². The highest BCUT2D eigenvalue weighted by Gasteiger charge is 2.16. The number of rotatable bonds is 5. The van der Waals surface area contributed by atoms with Gasteiger partial charge in [-0.1, -0.05) is 48.0 Å². The first kappa shape index (κ1) is 13.9. The second-order valence-corrected chi connectivity index (χ2v) is 4.66. The van der Waals surface area contributed by atoms with Crippen LogP contribution >= 0.6 is 11.6 Å². The molecule has 0 radical (unpaired) electrons. The number of hydrogen-bond donors (Lipinski definition) is 2. The first-order valence-corrected chi connectivity index (χ1v) is 6.46. The molecule has 0 aliphatic heterocycles. The molecule has 100 valence electrons. The number of benzene rings is 2. The molecule has 1 atom stereocenters. The number of para-hydroxylation sites is 1. The van der Waals surface area contributed by atoms with Crippen LogP contribution in [0.1, 0.15) is 17.2 Å². The fourth-order valence-corrected chi connectivity index (χ4v) is 2.31. The standard InChI is InChI=1S/C15H17ClN2O/c1-19-15-9-5-3-7-12(15)14(18-17)10-11-6-2-4-8-13(11)16/h2-9,14,18H,10,17H2,1H3. The maximum absolute atomic E-state index is 6.19. The van der Waals surface area contributed by atoms with Crippen LogP contribution < -0.4 is 16.0 Å². The number of hydrazine groups is 1. The van der Waals surface area contributed by atoms with Crippen LogP contribution in [0.5, 0.6) is 5.75 Å². The van der Waals surface area contributed by atoms with E-state index in [-0.39, 0.29) is 6.04 Å². The van der Waals surface area contributed by atoms with Crippen molar-refractivity contribution in [3.63, 3.8) is 0 Å². The fourth-order valence-electron chi connectivity index (χ4n) is 2.10. The Hall–Kier alpha value is -1.55. The molecule has 3 nitrogen and oxygen atoms in total. The summed E-state index contributed by atoms with van der Waals surface area (Å²) in [5.74, 6) is 6.49. The van der Waals surface area contributed by atoms with Crippen molar-refractivity contribution in [3.05, 3.63) is 64.7 Å². The molecular weight excluding hydrogens is 260 g/mol. The molecule has 0 aliphatic carbocycles. The van der Waals surface area contributed by atoms with E-state index in [0.29, 0.717) is 6.42 Å². The van der Waals surface area contributed by atoms with Crippen LogP contribution in [-0.2, 0) is 6.42 Å². The molecule has 0 saturated heterocycles. The zero-order valence-corrected chi connectivity index (χ0v) is 11.5. The smallest absolute Gasteiger partial charge is 0.123 e. The molecule has 0 amide bonds. The van der Waals surface area contributed by atoms with Gasteiger partial charge in [-0.2, -0.15) is 0 Å². The summed E-state index contributed by atoms with van der Waals surface area (Å²) in [5, 5.41) is 0.748. The van der Waals surface area contributed by atoms with Crippen LogP contribution in [-0.4, -0.2) is 7.11 Å². The Morgan fingerprint density at radius 2 is 1.84 bits per heavy atom. The van der Waals surface area contributed by atoms with Gasteiger partial charge >= 0.3 is 0 Å². The Bertz CT molecular complexity index is 545. The van der Waals surface area contributed by atoms with E-state index < -0.39 is 0 Å². The predicted octanol–water partition coefficient (Wildman–Crippen LogP) is 3.10. The Labute approximate surface area is 118 Å². The Morgan fingerprint density at radius 3 is 2.53 bits per heavy atom. The van der Waals surface area contributed by atoms with Gasteiger partial charge < -0.3 is 4.74 Å². The molecule has 19 heavy (non-hydrogen) atoms. The summed E-state index contributed by atoms with van der Waals surface area (Å²) in [4.78, 5) is 0. The van der Waals surface area contributed by atoms with Gasteiger partial charge in [0, 0.05) is 10.6 Å². The van der Waals surface area contributed by atoms with Crippen LogP contribution in [0.4, 0.5) is 0 Å². The minimum absolute atomic E-state index is 0.0453. The van der Waals surface area contributed by atoms with Gasteiger partial charge in [-0.15, -0.1) is 0 Å². The van der Waals surface area contributed by atoms with Crippen molar-refractivity contribution >= 4 is 11.6 Å². The van der Waals surface area contributed by atoms with E-state index >= 15 is 0 Å². The number of halogens is 1. The van der Waals surface area contributed by atoms with Gasteiger partial charge in [0.05, 0.1) is 13.2 Å². The van der Waals surface area contributed by atoms with E-state index in [4.69, 9.17) is 22.2 Å². The van der Waals surface area contributed by atoms with E-state index in [9.17, 15) is 0 Å². The molecule has 3 N–H and O–H groups in total. The van der Waals surface area contributed by atoms with E-state index in [2.05, 4.69) is 5.43 Å². The van der Waals surface area contributed by atoms with Crippen molar-refractivity contribution in [1.29, 1.82) is 0 Å². The van der Waals surface area contributed by atoms with Gasteiger partial charge in [0.25, 0.3) is 0 Å². The zero-order valence-electron chi connectivity index (χ0n) is 10.8. The lowest BCUT2D eigenvalue weighted by molar-refractivity contribution is 0.399. The summed E-state index contributed by atoms with van der Waals surface area (Å²) < 4.78 is 5.37. The van der Waals surface area contributed by atoms with Crippen molar-refractivity contribution in [2.45, 2.75) is 12.5 Å². The highest BCUT2D eigenvalue weighted by atomic mass is 35.5. The molecule has 0 aromatic heterocycles. The fraction of sp³-hybridized carbons (Fsp3) is 0.200. The van der Waals surface area contributed by atoms with Crippen LogP contribution in [0.25, 0.3) is 0 Å². The largest absolute Gasteiger partial charge is 0.496 e. The lowest BCUT2D eigenvalue weighted by atomic mass is 9.98. The van der Waals surface area contributed by atoms with Gasteiger partial charge in [-0.3, -0.25) is 11.3 Å². The predicted molar refractivity (Wildman–Crippen MR) is 78.2 cm³/mol. The van der Waals surface area contributed by atoms with Crippen LogP contribution in [0.15, 0.2) is 48.5 Å². The number of hydrogen-bond acceptors (Lipinski definition) is 3. The highest BCUT2D eigenvalue weighted by Crippen LogP contribution is 2.28. The Kier molecular flexibility index (Phi) is 4.80. The highest BCUT2D eigenvalue weighted by molar-refractivity contribution is 6.31. The average molecular weight is 277 g/mol. The SMILES string of the molecule is COc1ccccc1C(Cc1ccccc1Cl)NN. The summed E-state index contributed by atoms with van der Waals surface area (Å²) in [6.07, 6.45) is 0.705. The van der Waals surface area contributed by atoms with E-state index in [1.54, 1.807) is 7.11 Å². The van der Waals surface area contributed by atoms with Gasteiger partial charge in [-0.05, 0) is 24.1 Å². The first-order valence-electron chi connectivity index (χ1n) is 6.08. The Balaban J connectivity index is 2.28. The Morgan fingerprint density at radius 1 is 1.16 bits per heavy atom. The molecular formula is C15H17ClN2O. The molecule has 0 saturated carbocycles. The average Bonchev–Trinajstić information content (AvgIpc) is 2.46. The van der Waals surface area contributed by atoms with Crippen molar-refractivity contribution < 1.29 is 4.74 Å².